The molecule has 0 unspecified atom stereocenters. The van der Waals surface area contributed by atoms with Crippen LogP contribution in [0.2, 0.25) is 4.47 Å². The molecule has 0 atom stereocenters. The standard InChI is InChI=1S/C14H13ClN4S/c1-19-13(6-7-18-19)10-2-4-11(5-3-10)16-8-12-9-17-14(15)20-12/h2-7,9,16H,8H2,1H3. The van der Waals surface area contributed by atoms with Crippen molar-refractivity contribution < 1.29 is 0 Å². The highest BCUT2D eigenvalue weighted by Gasteiger charge is 2.03. The minimum Gasteiger partial charge on any atom is -0.380 e. The molecule has 1 aromatic carbocycles. The van der Waals surface area contributed by atoms with E-state index in [1.165, 1.54) is 11.3 Å². The average Bonchev–Trinajstić information content (AvgIpc) is 3.06. The summed E-state index contributed by atoms with van der Waals surface area (Å²) in [4.78, 5) is 5.14. The summed E-state index contributed by atoms with van der Waals surface area (Å²) in [5, 5.41) is 7.53. The molecule has 0 saturated carbocycles. The number of nitrogens with one attached hydrogen (secondary N) is 1. The van der Waals surface area contributed by atoms with Gasteiger partial charge in [-0.1, -0.05) is 23.7 Å². The summed E-state index contributed by atoms with van der Waals surface area (Å²) in [6, 6.07) is 10.3. The molecule has 2 aromatic heterocycles. The lowest BCUT2D eigenvalue weighted by molar-refractivity contribution is 0.776. The topological polar surface area (TPSA) is 42.7 Å². The second kappa shape index (κ2) is 5.64. The molecule has 0 aliphatic rings. The minimum atomic E-state index is 0.577. The van der Waals surface area contributed by atoms with Crippen molar-refractivity contribution in [3.05, 3.63) is 52.1 Å². The van der Waals surface area contributed by atoms with Gasteiger partial charge in [-0.15, -0.1) is 11.3 Å². The molecule has 102 valence electrons. The second-order valence-electron chi connectivity index (χ2n) is 4.35. The van der Waals surface area contributed by atoms with Crippen molar-refractivity contribution in [2.24, 2.45) is 7.05 Å². The van der Waals surface area contributed by atoms with Crippen LogP contribution in [-0.4, -0.2) is 14.8 Å². The number of thiazole rings is 1. The lowest BCUT2D eigenvalue weighted by Crippen LogP contribution is -1.97. The first-order valence-corrected chi connectivity index (χ1v) is 7.34. The van der Waals surface area contributed by atoms with Gasteiger partial charge in [0.25, 0.3) is 0 Å². The van der Waals surface area contributed by atoms with Crippen LogP contribution in [0.25, 0.3) is 11.3 Å². The molecule has 0 aliphatic carbocycles. The predicted octanol–water partition coefficient (Wildman–Crippen LogP) is 3.81. The van der Waals surface area contributed by atoms with Gasteiger partial charge in [0.1, 0.15) is 0 Å². The van der Waals surface area contributed by atoms with E-state index in [1.54, 1.807) is 12.4 Å². The maximum atomic E-state index is 5.81. The Kier molecular flexibility index (Phi) is 3.71. The number of aromatic nitrogens is 3. The van der Waals surface area contributed by atoms with Crippen molar-refractivity contribution in [2.75, 3.05) is 5.32 Å². The summed E-state index contributed by atoms with van der Waals surface area (Å²) < 4.78 is 2.44. The molecule has 0 radical (unpaired) electrons. The zero-order valence-electron chi connectivity index (χ0n) is 10.9. The van der Waals surface area contributed by atoms with Crippen molar-refractivity contribution in [3.63, 3.8) is 0 Å². The molecule has 2 heterocycles. The van der Waals surface area contributed by atoms with Crippen molar-refractivity contribution in [2.45, 2.75) is 6.54 Å². The van der Waals surface area contributed by atoms with Crippen molar-refractivity contribution in [1.82, 2.24) is 14.8 Å². The molecular formula is C14H13ClN4S. The number of halogens is 1. The van der Waals surface area contributed by atoms with E-state index in [0.717, 1.165) is 28.4 Å². The van der Waals surface area contributed by atoms with Crippen LogP contribution in [0.4, 0.5) is 5.69 Å². The van der Waals surface area contributed by atoms with Crippen molar-refractivity contribution in [1.29, 1.82) is 0 Å². The van der Waals surface area contributed by atoms with Crippen LogP contribution in [0.15, 0.2) is 42.7 Å². The highest BCUT2D eigenvalue weighted by Crippen LogP contribution is 2.22. The first kappa shape index (κ1) is 13.1. The maximum absolute atomic E-state index is 5.81. The Morgan fingerprint density at radius 3 is 2.65 bits per heavy atom. The van der Waals surface area contributed by atoms with Crippen LogP contribution in [0.5, 0.6) is 0 Å². The Bertz CT molecular complexity index is 702. The number of benzene rings is 1. The molecule has 0 amide bonds. The molecular weight excluding hydrogens is 292 g/mol. The monoisotopic (exact) mass is 304 g/mol. The maximum Gasteiger partial charge on any atom is 0.183 e. The molecule has 1 N–H and O–H groups in total. The summed E-state index contributed by atoms with van der Waals surface area (Å²) in [5.41, 5.74) is 3.32. The van der Waals surface area contributed by atoms with E-state index in [-0.39, 0.29) is 0 Å². The summed E-state index contributed by atoms with van der Waals surface area (Å²) in [6.45, 7) is 0.732. The molecule has 3 aromatic rings. The highest BCUT2D eigenvalue weighted by atomic mass is 35.5. The zero-order valence-corrected chi connectivity index (χ0v) is 12.4. The number of nitrogens with zero attached hydrogens (tertiary/aromatic N) is 3. The first-order valence-electron chi connectivity index (χ1n) is 6.15. The van der Waals surface area contributed by atoms with Crippen LogP contribution >= 0.6 is 22.9 Å². The van der Waals surface area contributed by atoms with E-state index >= 15 is 0 Å². The molecule has 6 heteroatoms. The van der Waals surface area contributed by atoms with Gasteiger partial charge in [0, 0.05) is 30.0 Å². The van der Waals surface area contributed by atoms with Crippen LogP contribution in [0, 0.1) is 0 Å². The van der Waals surface area contributed by atoms with Crippen LogP contribution < -0.4 is 5.32 Å². The quantitative estimate of drug-likeness (QED) is 0.797. The summed E-state index contributed by atoms with van der Waals surface area (Å²) >= 11 is 7.30. The number of aryl methyl sites for hydroxylation is 1. The number of hydrogen-bond acceptors (Lipinski definition) is 4. The highest BCUT2D eigenvalue weighted by molar-refractivity contribution is 7.15. The number of hydrogen-bond donors (Lipinski definition) is 1. The van der Waals surface area contributed by atoms with Gasteiger partial charge in [0.2, 0.25) is 0 Å². The van der Waals surface area contributed by atoms with Gasteiger partial charge in [-0.25, -0.2) is 4.98 Å². The summed E-state index contributed by atoms with van der Waals surface area (Å²) in [7, 11) is 1.94. The molecule has 20 heavy (non-hydrogen) atoms. The van der Waals surface area contributed by atoms with Gasteiger partial charge >= 0.3 is 0 Å². The van der Waals surface area contributed by atoms with E-state index in [4.69, 9.17) is 11.6 Å². The first-order chi connectivity index (χ1) is 9.72. The van der Waals surface area contributed by atoms with Gasteiger partial charge in [-0.05, 0) is 23.8 Å². The van der Waals surface area contributed by atoms with Crippen molar-refractivity contribution >= 4 is 28.6 Å². The molecule has 0 saturated heterocycles. The van der Waals surface area contributed by atoms with E-state index in [0.29, 0.717) is 4.47 Å². The van der Waals surface area contributed by atoms with Crippen LogP contribution in [0.3, 0.4) is 0 Å². The summed E-state index contributed by atoms with van der Waals surface area (Å²) in [5.74, 6) is 0. The van der Waals surface area contributed by atoms with Crippen LogP contribution in [0.1, 0.15) is 4.88 Å². The third kappa shape index (κ3) is 2.84. The summed E-state index contributed by atoms with van der Waals surface area (Å²) in [6.07, 6.45) is 3.60. The third-order valence-corrected chi connectivity index (χ3v) is 4.11. The predicted molar refractivity (Wildman–Crippen MR) is 83.1 cm³/mol. The van der Waals surface area contributed by atoms with Crippen molar-refractivity contribution in [3.8, 4) is 11.3 Å². The Morgan fingerprint density at radius 1 is 1.25 bits per heavy atom. The molecule has 0 aliphatic heterocycles. The Labute approximate surface area is 126 Å². The zero-order chi connectivity index (χ0) is 13.9. The molecule has 3 rings (SSSR count). The Morgan fingerprint density at radius 2 is 2.05 bits per heavy atom. The van der Waals surface area contributed by atoms with Gasteiger partial charge in [-0.2, -0.15) is 5.10 Å². The fourth-order valence-corrected chi connectivity index (χ4v) is 2.89. The molecule has 0 fully saturated rings. The van der Waals surface area contributed by atoms with E-state index < -0.39 is 0 Å². The molecule has 0 spiro atoms. The van der Waals surface area contributed by atoms with Gasteiger partial charge in [0.05, 0.1) is 12.2 Å². The fraction of sp³-hybridized carbons (Fsp3) is 0.143. The lowest BCUT2D eigenvalue weighted by atomic mass is 10.1. The normalized spacial score (nSPS) is 10.7. The minimum absolute atomic E-state index is 0.577. The SMILES string of the molecule is Cn1nccc1-c1ccc(NCc2cnc(Cl)s2)cc1. The number of anilines is 1. The second-order valence-corrected chi connectivity index (χ2v) is 6.05. The number of rotatable bonds is 4. The molecule has 4 nitrogen and oxygen atoms in total. The Hall–Kier alpha value is -1.85. The average molecular weight is 305 g/mol. The fourth-order valence-electron chi connectivity index (χ4n) is 1.97. The van der Waals surface area contributed by atoms with E-state index in [1.807, 2.05) is 17.8 Å². The third-order valence-electron chi connectivity index (χ3n) is 2.99. The smallest absolute Gasteiger partial charge is 0.183 e. The van der Waals surface area contributed by atoms with Gasteiger partial charge < -0.3 is 5.32 Å². The lowest BCUT2D eigenvalue weighted by Gasteiger charge is -2.06. The Balaban J connectivity index is 1.69. The van der Waals surface area contributed by atoms with Gasteiger partial charge in [-0.3, -0.25) is 4.68 Å². The largest absolute Gasteiger partial charge is 0.380 e. The molecule has 0 bridgehead atoms. The van der Waals surface area contributed by atoms with Gasteiger partial charge in [0.15, 0.2) is 4.47 Å². The van der Waals surface area contributed by atoms with E-state index in [9.17, 15) is 0 Å². The van der Waals surface area contributed by atoms with E-state index in [2.05, 4.69) is 39.7 Å². The van der Waals surface area contributed by atoms with Crippen LogP contribution in [-0.2, 0) is 13.6 Å².